The van der Waals surface area contributed by atoms with Crippen LogP contribution in [0.3, 0.4) is 0 Å². The number of halogens is 10. The van der Waals surface area contributed by atoms with Gasteiger partial charge < -0.3 is 36.2 Å². The Labute approximate surface area is 316 Å². The Hall–Kier alpha value is -5.61. The lowest BCUT2D eigenvalue weighted by Gasteiger charge is -2.31. The van der Waals surface area contributed by atoms with Gasteiger partial charge in [-0.25, -0.2) is 19.4 Å². The van der Waals surface area contributed by atoms with Crippen LogP contribution in [0.15, 0.2) is 42.9 Å². The molecular weight excluding hydrogens is 801 g/mol. The van der Waals surface area contributed by atoms with Crippen molar-refractivity contribution in [1.82, 2.24) is 19.9 Å². The van der Waals surface area contributed by atoms with E-state index in [1.54, 1.807) is 19.3 Å². The number of anilines is 5. The van der Waals surface area contributed by atoms with Crippen molar-refractivity contribution in [2.24, 2.45) is 5.92 Å². The maximum atomic E-state index is 11.6. The molecule has 14 nitrogen and oxygen atoms in total. The molecule has 5 rings (SSSR count). The molecule has 0 atom stereocenters. The molecule has 6 bridgehead atoms. The SMILES string of the molecule is CC(=O)N1CCC(CCNc2ccc3cc2CCc2cncc(c2)Nc2ncc(Cl)c(n2)N3)CC1.O=C(O)C(F)(F)F.O=C(O)C(F)(F)F.O=C(O)C(F)(F)F. The number of aryl methyl sites for hydroxylation is 2. The molecular formula is C32H33ClF9N7O7. The van der Waals surface area contributed by atoms with E-state index in [1.165, 1.54) is 5.56 Å². The number of aliphatic carboxylic acids is 3. The maximum Gasteiger partial charge on any atom is 0.490 e. The van der Waals surface area contributed by atoms with E-state index in [9.17, 15) is 44.3 Å². The summed E-state index contributed by atoms with van der Waals surface area (Å²) in [6.45, 7) is 4.32. The highest BCUT2D eigenvalue weighted by Crippen LogP contribution is 2.30. The zero-order valence-corrected chi connectivity index (χ0v) is 29.6. The third-order valence-corrected chi connectivity index (χ3v) is 7.78. The van der Waals surface area contributed by atoms with Crippen LogP contribution in [0.25, 0.3) is 0 Å². The van der Waals surface area contributed by atoms with Gasteiger partial charge in [0.15, 0.2) is 5.82 Å². The molecule has 1 aromatic carbocycles. The molecule has 0 spiro atoms. The van der Waals surface area contributed by atoms with Crippen LogP contribution >= 0.6 is 11.6 Å². The van der Waals surface area contributed by atoms with Gasteiger partial charge in [-0.2, -0.15) is 44.5 Å². The normalized spacial score (nSPS) is 14.0. The predicted octanol–water partition coefficient (Wildman–Crippen LogP) is 7.07. The minimum atomic E-state index is -5.08. The van der Waals surface area contributed by atoms with Crippen LogP contribution < -0.4 is 16.0 Å². The molecule has 1 amide bonds. The van der Waals surface area contributed by atoms with Crippen LogP contribution in [0.5, 0.6) is 0 Å². The number of carbonyl (C=O) groups excluding carboxylic acids is 1. The third kappa shape index (κ3) is 16.4. The highest BCUT2D eigenvalue weighted by Gasteiger charge is 2.39. The number of rotatable bonds is 4. The molecule has 2 aliphatic heterocycles. The van der Waals surface area contributed by atoms with Gasteiger partial charge in [0.2, 0.25) is 11.9 Å². The first kappa shape index (κ1) is 46.5. The fourth-order valence-corrected chi connectivity index (χ4v) is 4.89. The second-order valence-corrected chi connectivity index (χ2v) is 12.1. The van der Waals surface area contributed by atoms with E-state index in [4.69, 9.17) is 41.3 Å². The number of hydrogen-bond donors (Lipinski definition) is 6. The molecule has 2 aliphatic rings. The molecule has 308 valence electrons. The number of amides is 1. The summed E-state index contributed by atoms with van der Waals surface area (Å²) in [4.78, 5) is 53.4. The molecule has 1 fully saturated rings. The van der Waals surface area contributed by atoms with Crippen LogP contribution in [0.1, 0.15) is 37.3 Å². The number of nitrogens with zero attached hydrogens (tertiary/aromatic N) is 4. The quantitative estimate of drug-likeness (QED) is 0.146. The van der Waals surface area contributed by atoms with Gasteiger partial charge in [0.25, 0.3) is 0 Å². The van der Waals surface area contributed by atoms with Crippen molar-refractivity contribution in [3.8, 4) is 0 Å². The molecule has 0 saturated carbocycles. The average molecular weight is 834 g/mol. The summed E-state index contributed by atoms with van der Waals surface area (Å²) in [5.41, 5.74) is 5.28. The maximum absolute atomic E-state index is 11.6. The Bertz CT molecular complexity index is 1770. The average Bonchev–Trinajstić information content (AvgIpc) is 3.09. The lowest BCUT2D eigenvalue weighted by molar-refractivity contribution is -0.193. The van der Waals surface area contributed by atoms with Crippen molar-refractivity contribution in [3.05, 3.63) is 59.0 Å². The zero-order valence-electron chi connectivity index (χ0n) is 28.8. The highest BCUT2D eigenvalue weighted by atomic mass is 35.5. The first-order valence-electron chi connectivity index (χ1n) is 15.9. The molecule has 0 unspecified atom stereocenters. The van der Waals surface area contributed by atoms with Crippen LogP contribution in [-0.4, -0.2) is 97.1 Å². The minimum absolute atomic E-state index is 0.186. The minimum Gasteiger partial charge on any atom is -0.475 e. The van der Waals surface area contributed by atoms with Crippen molar-refractivity contribution in [2.75, 3.05) is 35.6 Å². The lowest BCUT2D eigenvalue weighted by Crippen LogP contribution is -2.37. The molecule has 2 aromatic heterocycles. The van der Waals surface area contributed by atoms with Gasteiger partial charge in [-0.1, -0.05) is 11.6 Å². The Morgan fingerprint density at radius 2 is 1.38 bits per heavy atom. The van der Waals surface area contributed by atoms with Crippen molar-refractivity contribution in [2.45, 2.75) is 57.6 Å². The zero-order chi connectivity index (χ0) is 42.4. The molecule has 56 heavy (non-hydrogen) atoms. The summed E-state index contributed by atoms with van der Waals surface area (Å²) in [5, 5.41) is 32.1. The number of fused-ring (bicyclic) bond motifs is 6. The molecule has 0 radical (unpaired) electrons. The van der Waals surface area contributed by atoms with Crippen LogP contribution in [0.2, 0.25) is 5.02 Å². The fourth-order valence-electron chi connectivity index (χ4n) is 4.75. The van der Waals surface area contributed by atoms with Gasteiger partial charge >= 0.3 is 36.4 Å². The van der Waals surface area contributed by atoms with E-state index in [-0.39, 0.29) is 5.91 Å². The molecule has 6 N–H and O–H groups in total. The smallest absolute Gasteiger partial charge is 0.475 e. The number of pyridine rings is 1. The Morgan fingerprint density at radius 3 is 1.89 bits per heavy atom. The van der Waals surface area contributed by atoms with Crippen LogP contribution in [0, 0.1) is 5.92 Å². The Balaban J connectivity index is 0.000000423. The van der Waals surface area contributed by atoms with E-state index >= 15 is 0 Å². The van der Waals surface area contributed by atoms with Gasteiger partial charge in [0.05, 0.1) is 18.1 Å². The second kappa shape index (κ2) is 20.3. The summed E-state index contributed by atoms with van der Waals surface area (Å²) in [7, 11) is 0. The highest BCUT2D eigenvalue weighted by molar-refractivity contribution is 6.32. The van der Waals surface area contributed by atoms with E-state index in [2.05, 4.69) is 49.1 Å². The third-order valence-electron chi connectivity index (χ3n) is 7.50. The van der Waals surface area contributed by atoms with E-state index < -0.39 is 36.4 Å². The lowest BCUT2D eigenvalue weighted by atomic mass is 9.93. The van der Waals surface area contributed by atoms with Crippen molar-refractivity contribution < 1.29 is 74.0 Å². The number of likely N-dealkylation sites (tertiary alicyclic amines) is 1. The van der Waals surface area contributed by atoms with Crippen molar-refractivity contribution >= 4 is 64.2 Å². The van der Waals surface area contributed by atoms with E-state index in [0.717, 1.165) is 74.4 Å². The van der Waals surface area contributed by atoms with Gasteiger partial charge in [0.1, 0.15) is 5.02 Å². The van der Waals surface area contributed by atoms with Gasteiger partial charge in [-0.15, -0.1) is 0 Å². The van der Waals surface area contributed by atoms with Crippen molar-refractivity contribution in [1.29, 1.82) is 0 Å². The molecule has 3 aromatic rings. The number of hydrogen-bond acceptors (Lipinski definition) is 10. The van der Waals surface area contributed by atoms with E-state index in [1.807, 2.05) is 17.2 Å². The molecule has 1 saturated heterocycles. The number of carboxylic acids is 3. The van der Waals surface area contributed by atoms with Gasteiger partial charge in [0, 0.05) is 44.1 Å². The Morgan fingerprint density at radius 1 is 0.821 bits per heavy atom. The summed E-state index contributed by atoms with van der Waals surface area (Å²) in [5.74, 6) is -6.42. The number of carboxylic acid groups (broad SMARTS) is 3. The monoisotopic (exact) mass is 833 g/mol. The Kier molecular flexibility index (Phi) is 16.9. The molecule has 0 aliphatic carbocycles. The standard InChI is InChI=1S/C26H30ClN7O.3C2HF3O2/c1-17(35)34-10-7-18(8-11-34)6-9-29-24-5-4-21-13-20(24)3-2-19-12-22(15-28-14-19)32-26-30-16-23(27)25(31-21)33-26;3*3-2(4,5)1(6)7/h4-5,12-16,18,29H,2-3,6-11H2,1H3,(H2,30,31,32,33);3*(H,6,7). The summed E-state index contributed by atoms with van der Waals surface area (Å²) >= 11 is 6.37. The number of nitrogens with one attached hydrogen (secondary N) is 3. The first-order valence-corrected chi connectivity index (χ1v) is 16.3. The van der Waals surface area contributed by atoms with Gasteiger partial charge in [-0.05, 0) is 73.4 Å². The van der Waals surface area contributed by atoms with E-state index in [0.29, 0.717) is 22.7 Å². The van der Waals surface area contributed by atoms with Crippen molar-refractivity contribution in [3.63, 3.8) is 0 Å². The largest absolute Gasteiger partial charge is 0.490 e. The predicted molar refractivity (Wildman–Crippen MR) is 181 cm³/mol. The second-order valence-electron chi connectivity index (χ2n) is 11.7. The molecule has 24 heteroatoms. The van der Waals surface area contributed by atoms with Gasteiger partial charge in [-0.3, -0.25) is 9.78 Å². The van der Waals surface area contributed by atoms with Crippen LogP contribution in [0.4, 0.5) is 68.3 Å². The number of benzene rings is 1. The summed E-state index contributed by atoms with van der Waals surface area (Å²) in [6.07, 6.45) is -4.99. The molecule has 4 heterocycles. The summed E-state index contributed by atoms with van der Waals surface area (Å²) < 4.78 is 95.2. The number of aromatic nitrogens is 3. The number of carbonyl (C=O) groups is 4. The number of piperidine rings is 1. The first-order chi connectivity index (χ1) is 25.9. The fraction of sp³-hybridized carbons (Fsp3) is 0.406. The van der Waals surface area contributed by atoms with Crippen LogP contribution in [-0.2, 0) is 32.0 Å². The topological polar surface area (TPSA) is 207 Å². The summed E-state index contributed by atoms with van der Waals surface area (Å²) in [6, 6.07) is 8.41. The number of alkyl halides is 9.